The minimum atomic E-state index is -4.47. The van der Waals surface area contributed by atoms with Crippen LogP contribution in [0.4, 0.5) is 23.7 Å². The van der Waals surface area contributed by atoms with Crippen molar-refractivity contribution in [3.8, 4) is 11.6 Å². The van der Waals surface area contributed by atoms with Crippen molar-refractivity contribution in [1.29, 1.82) is 0 Å². The molecule has 2 heterocycles. The molecule has 184 valence electrons. The number of nitrogens with zero attached hydrogens (tertiary/aromatic N) is 2. The Morgan fingerprint density at radius 3 is 2.54 bits per heavy atom. The number of halogens is 3. The maximum absolute atomic E-state index is 12.9. The zero-order valence-electron chi connectivity index (χ0n) is 18.3. The number of benzene rings is 2. The summed E-state index contributed by atoms with van der Waals surface area (Å²) in [6.45, 7) is 3.31. The van der Waals surface area contributed by atoms with Crippen LogP contribution < -0.4 is 5.32 Å². The van der Waals surface area contributed by atoms with Crippen LogP contribution in [0.3, 0.4) is 0 Å². The predicted octanol–water partition coefficient (Wildman–Crippen LogP) is 6.02. The van der Waals surface area contributed by atoms with Gasteiger partial charge in [0.05, 0.1) is 22.8 Å². The second-order valence-electron chi connectivity index (χ2n) is 7.19. The molecule has 4 aromatic rings. The molecule has 2 aromatic heterocycles. The summed E-state index contributed by atoms with van der Waals surface area (Å²) < 4.78 is 74.5. The molecule has 0 aliphatic heterocycles. The van der Waals surface area contributed by atoms with Gasteiger partial charge in [0.15, 0.2) is 15.4 Å². The van der Waals surface area contributed by atoms with E-state index in [0.717, 1.165) is 0 Å². The molecular formula is C22H18F3N3O5S2. The van der Waals surface area contributed by atoms with E-state index in [1.54, 1.807) is 25.1 Å². The molecule has 0 atom stereocenters. The number of fused-ring (bicyclic) bond motifs is 2. The molecule has 35 heavy (non-hydrogen) atoms. The molecule has 0 unspecified atom stereocenters. The Labute approximate surface area is 201 Å². The summed E-state index contributed by atoms with van der Waals surface area (Å²) in [5, 5.41) is 2.97. The highest BCUT2D eigenvalue weighted by molar-refractivity contribution is 8.00. The smallest absolute Gasteiger partial charge is 0.446 e. The number of carbonyl (C=O) groups excluding carboxylic acids is 1. The Kier molecular flexibility index (Phi) is 6.64. The number of aromatic nitrogens is 2. The van der Waals surface area contributed by atoms with E-state index in [9.17, 15) is 26.4 Å². The highest BCUT2D eigenvalue weighted by Gasteiger charge is 2.30. The summed E-state index contributed by atoms with van der Waals surface area (Å²) in [5.74, 6) is -0.377. The lowest BCUT2D eigenvalue weighted by molar-refractivity contribution is -0.0328. The number of pyridine rings is 1. The van der Waals surface area contributed by atoms with Crippen LogP contribution in [0.1, 0.15) is 13.8 Å². The number of hydrogen-bond donors (Lipinski definition) is 1. The minimum absolute atomic E-state index is 0.0633. The van der Waals surface area contributed by atoms with Crippen molar-refractivity contribution in [2.45, 2.75) is 29.1 Å². The summed E-state index contributed by atoms with van der Waals surface area (Å²) in [6.07, 6.45) is -0.660. The first-order valence-corrected chi connectivity index (χ1v) is 12.7. The van der Waals surface area contributed by atoms with Gasteiger partial charge in [-0.1, -0.05) is 6.92 Å². The number of rotatable bonds is 6. The van der Waals surface area contributed by atoms with Gasteiger partial charge in [-0.05, 0) is 61.2 Å². The standard InChI is InChI=1S/C22H18F3N3O5S2/c1-3-32-21(29)26-13-5-7-15-12(9-13)10-18(35(30,31)4-2)19(27-15)20-28-16-11-14(34-22(23,24)25)6-8-17(16)33-20/h5-11H,3-4H2,1-2H3,(H,26,29). The Hall–Kier alpha value is -3.32. The number of hydrogen-bond acceptors (Lipinski definition) is 8. The molecule has 0 bridgehead atoms. The minimum Gasteiger partial charge on any atom is -0.450 e. The highest BCUT2D eigenvalue weighted by atomic mass is 32.2. The van der Waals surface area contributed by atoms with Gasteiger partial charge in [-0.3, -0.25) is 5.32 Å². The van der Waals surface area contributed by atoms with Gasteiger partial charge in [0, 0.05) is 16.0 Å². The molecule has 1 amide bonds. The van der Waals surface area contributed by atoms with Crippen LogP contribution in [0.2, 0.25) is 0 Å². The summed E-state index contributed by atoms with van der Waals surface area (Å²) >= 11 is -0.290. The molecule has 0 spiro atoms. The molecule has 0 radical (unpaired) electrons. The summed E-state index contributed by atoms with van der Waals surface area (Å²) in [4.78, 5) is 20.1. The molecule has 4 rings (SSSR count). The van der Waals surface area contributed by atoms with Crippen LogP contribution >= 0.6 is 11.8 Å². The van der Waals surface area contributed by atoms with E-state index in [2.05, 4.69) is 15.3 Å². The van der Waals surface area contributed by atoms with Crippen molar-refractivity contribution in [1.82, 2.24) is 9.97 Å². The van der Waals surface area contributed by atoms with E-state index in [1.807, 2.05) is 0 Å². The summed E-state index contributed by atoms with van der Waals surface area (Å²) in [7, 11) is -3.81. The van der Waals surface area contributed by atoms with Gasteiger partial charge in [-0.25, -0.2) is 23.2 Å². The van der Waals surface area contributed by atoms with Crippen LogP contribution in [-0.4, -0.2) is 42.3 Å². The molecular weight excluding hydrogens is 507 g/mol. The number of carbonyl (C=O) groups is 1. The molecule has 8 nitrogen and oxygen atoms in total. The van der Waals surface area contributed by atoms with Gasteiger partial charge in [0.25, 0.3) is 0 Å². The van der Waals surface area contributed by atoms with E-state index >= 15 is 0 Å². The topological polar surface area (TPSA) is 111 Å². The van der Waals surface area contributed by atoms with Crippen molar-refractivity contribution in [2.75, 3.05) is 17.7 Å². The van der Waals surface area contributed by atoms with Crippen molar-refractivity contribution in [3.05, 3.63) is 42.5 Å². The molecule has 13 heteroatoms. The highest BCUT2D eigenvalue weighted by Crippen LogP contribution is 2.39. The number of oxazole rings is 1. The molecule has 2 aromatic carbocycles. The fourth-order valence-corrected chi connectivity index (χ4v) is 4.89. The molecule has 0 fully saturated rings. The van der Waals surface area contributed by atoms with E-state index in [-0.39, 0.29) is 56.6 Å². The lowest BCUT2D eigenvalue weighted by Crippen LogP contribution is -2.13. The van der Waals surface area contributed by atoms with E-state index in [4.69, 9.17) is 9.15 Å². The number of sulfone groups is 1. The number of alkyl halides is 3. The number of nitrogens with one attached hydrogen (secondary N) is 1. The second-order valence-corrected chi connectivity index (χ2v) is 10.6. The third-order valence-corrected chi connectivity index (χ3v) is 7.27. The van der Waals surface area contributed by atoms with E-state index < -0.39 is 21.4 Å². The van der Waals surface area contributed by atoms with E-state index in [1.165, 1.54) is 31.2 Å². The van der Waals surface area contributed by atoms with Gasteiger partial charge >= 0.3 is 11.6 Å². The molecule has 0 aliphatic rings. The normalized spacial score (nSPS) is 12.3. The zero-order chi connectivity index (χ0) is 25.4. The van der Waals surface area contributed by atoms with Gasteiger partial charge < -0.3 is 9.15 Å². The first kappa shape index (κ1) is 24.8. The van der Waals surface area contributed by atoms with Crippen LogP contribution in [0.25, 0.3) is 33.6 Å². The van der Waals surface area contributed by atoms with E-state index in [0.29, 0.717) is 16.6 Å². The number of thioether (sulfide) groups is 1. The Morgan fingerprint density at radius 2 is 1.86 bits per heavy atom. The van der Waals surface area contributed by atoms with Gasteiger partial charge in [-0.2, -0.15) is 13.2 Å². The Balaban J connectivity index is 1.83. The average Bonchev–Trinajstić information content (AvgIpc) is 3.20. The lowest BCUT2D eigenvalue weighted by atomic mass is 10.2. The van der Waals surface area contributed by atoms with Crippen LogP contribution in [-0.2, 0) is 14.6 Å². The Bertz CT molecular complexity index is 1530. The Morgan fingerprint density at radius 1 is 1.09 bits per heavy atom. The van der Waals surface area contributed by atoms with Crippen molar-refractivity contribution < 1.29 is 35.5 Å². The van der Waals surface area contributed by atoms with Gasteiger partial charge in [0.1, 0.15) is 11.2 Å². The molecule has 0 saturated heterocycles. The third-order valence-electron chi connectivity index (χ3n) is 4.81. The molecule has 0 aliphatic carbocycles. The largest absolute Gasteiger partial charge is 0.450 e. The second kappa shape index (κ2) is 9.38. The van der Waals surface area contributed by atoms with Gasteiger partial charge in [0.2, 0.25) is 5.89 Å². The fourth-order valence-electron chi connectivity index (χ4n) is 3.27. The third kappa shape index (κ3) is 5.51. The maximum Gasteiger partial charge on any atom is 0.446 e. The summed E-state index contributed by atoms with van der Waals surface area (Å²) in [6, 6.07) is 9.87. The van der Waals surface area contributed by atoms with Crippen molar-refractivity contribution >= 4 is 55.4 Å². The monoisotopic (exact) mass is 525 g/mol. The SMILES string of the molecule is CCOC(=O)Nc1ccc2nc(-c3nc4cc(SC(F)(F)F)ccc4o3)c(S(=O)(=O)CC)cc2c1. The number of ether oxygens (including phenoxy) is 1. The molecule has 0 saturated carbocycles. The summed E-state index contributed by atoms with van der Waals surface area (Å²) in [5.41, 5.74) is -3.45. The van der Waals surface area contributed by atoms with Crippen LogP contribution in [0.5, 0.6) is 0 Å². The molecule has 1 N–H and O–H groups in total. The number of anilines is 1. The average molecular weight is 526 g/mol. The first-order chi connectivity index (χ1) is 16.5. The van der Waals surface area contributed by atoms with Crippen LogP contribution in [0.15, 0.2) is 56.7 Å². The van der Waals surface area contributed by atoms with Crippen molar-refractivity contribution in [3.63, 3.8) is 0 Å². The lowest BCUT2D eigenvalue weighted by Gasteiger charge is -2.10. The quantitative estimate of drug-likeness (QED) is 0.304. The zero-order valence-corrected chi connectivity index (χ0v) is 20.0. The van der Waals surface area contributed by atoms with Crippen LogP contribution in [0, 0.1) is 0 Å². The first-order valence-electron chi connectivity index (χ1n) is 10.3. The van der Waals surface area contributed by atoms with Gasteiger partial charge in [-0.15, -0.1) is 0 Å². The fraction of sp³-hybridized carbons (Fsp3) is 0.227. The predicted molar refractivity (Wildman–Crippen MR) is 125 cm³/mol. The maximum atomic E-state index is 12.9. The number of amides is 1. The van der Waals surface area contributed by atoms with Crippen molar-refractivity contribution in [2.24, 2.45) is 0 Å².